The first kappa shape index (κ1) is 16.5. The third kappa shape index (κ3) is 3.67. The van der Waals surface area contributed by atoms with Crippen LogP contribution in [0.1, 0.15) is 70.0 Å². The highest BCUT2D eigenvalue weighted by atomic mass is 16.5. The third-order valence-electron chi connectivity index (χ3n) is 4.58. The molecule has 0 spiro atoms. The fourth-order valence-electron chi connectivity index (χ4n) is 3.49. The van der Waals surface area contributed by atoms with Gasteiger partial charge in [-0.15, -0.1) is 0 Å². The first-order valence-corrected chi connectivity index (χ1v) is 8.33. The van der Waals surface area contributed by atoms with Gasteiger partial charge in [0, 0.05) is 17.3 Å². The maximum Gasteiger partial charge on any atom is 0.0779 e. The van der Waals surface area contributed by atoms with Crippen molar-refractivity contribution in [2.45, 2.75) is 85.1 Å². The summed E-state index contributed by atoms with van der Waals surface area (Å²) < 4.78 is 8.26. The number of aryl methyl sites for hydroxylation is 1. The predicted octanol–water partition coefficient (Wildman–Crippen LogP) is 3.52. The smallest absolute Gasteiger partial charge is 0.0779 e. The minimum absolute atomic E-state index is 0.0271. The van der Waals surface area contributed by atoms with E-state index in [0.29, 0.717) is 12.1 Å². The van der Waals surface area contributed by atoms with Crippen molar-refractivity contribution in [1.82, 2.24) is 15.1 Å². The second kappa shape index (κ2) is 6.49. The van der Waals surface area contributed by atoms with Crippen molar-refractivity contribution in [2.24, 2.45) is 0 Å². The van der Waals surface area contributed by atoms with Gasteiger partial charge in [0.2, 0.25) is 0 Å². The van der Waals surface area contributed by atoms with Gasteiger partial charge in [-0.1, -0.05) is 13.8 Å². The molecular weight excluding hydrogens is 262 g/mol. The zero-order chi connectivity index (χ0) is 15.6. The molecule has 0 amide bonds. The van der Waals surface area contributed by atoms with Gasteiger partial charge >= 0.3 is 0 Å². The Morgan fingerprint density at radius 3 is 2.62 bits per heavy atom. The van der Waals surface area contributed by atoms with Crippen LogP contribution in [0.15, 0.2) is 0 Å². The maximum absolute atomic E-state index is 6.11. The Hall–Kier alpha value is -0.870. The lowest BCUT2D eigenvalue weighted by Crippen LogP contribution is -2.24. The molecule has 0 saturated carbocycles. The molecule has 4 nitrogen and oxygen atoms in total. The van der Waals surface area contributed by atoms with Crippen molar-refractivity contribution in [3.63, 3.8) is 0 Å². The standard InChI is InChI=1S/C17H31N3O/c1-7-15(18-8-2)16-12(3)19-20(13(16)4)11-14-9-10-17(5,6)21-14/h14-15,18H,7-11H2,1-6H3. The van der Waals surface area contributed by atoms with E-state index in [4.69, 9.17) is 9.84 Å². The first-order chi connectivity index (χ1) is 9.88. The van der Waals surface area contributed by atoms with Crippen LogP contribution in [0.25, 0.3) is 0 Å². The third-order valence-corrected chi connectivity index (χ3v) is 4.58. The number of rotatable bonds is 6. The van der Waals surface area contributed by atoms with E-state index in [1.54, 1.807) is 0 Å². The lowest BCUT2D eigenvalue weighted by molar-refractivity contribution is -0.0232. The summed E-state index contributed by atoms with van der Waals surface area (Å²) in [6, 6.07) is 0.407. The van der Waals surface area contributed by atoms with Gasteiger partial charge in [0.05, 0.1) is 23.9 Å². The molecule has 4 heteroatoms. The molecule has 1 N–H and O–H groups in total. The molecule has 120 valence electrons. The number of hydrogen-bond acceptors (Lipinski definition) is 3. The number of nitrogens with zero attached hydrogens (tertiary/aromatic N) is 2. The van der Waals surface area contributed by atoms with Crippen molar-refractivity contribution in [3.05, 3.63) is 17.0 Å². The van der Waals surface area contributed by atoms with Crippen LogP contribution >= 0.6 is 0 Å². The average molecular weight is 293 g/mol. The van der Waals surface area contributed by atoms with Gasteiger partial charge in [0.15, 0.2) is 0 Å². The van der Waals surface area contributed by atoms with Crippen LogP contribution in [0.5, 0.6) is 0 Å². The summed E-state index contributed by atoms with van der Waals surface area (Å²) >= 11 is 0. The van der Waals surface area contributed by atoms with Crippen molar-refractivity contribution in [2.75, 3.05) is 6.54 Å². The van der Waals surface area contributed by atoms with E-state index < -0.39 is 0 Å². The summed E-state index contributed by atoms with van der Waals surface area (Å²) in [5.74, 6) is 0. The average Bonchev–Trinajstić information content (AvgIpc) is 2.88. The quantitative estimate of drug-likeness (QED) is 0.872. The van der Waals surface area contributed by atoms with Crippen LogP contribution < -0.4 is 5.32 Å². The Balaban J connectivity index is 2.15. The number of nitrogens with one attached hydrogen (secondary N) is 1. The zero-order valence-corrected chi connectivity index (χ0v) is 14.5. The summed E-state index contributed by atoms with van der Waals surface area (Å²) in [6.45, 7) is 14.9. The van der Waals surface area contributed by atoms with Gasteiger partial charge in [-0.2, -0.15) is 5.10 Å². The molecule has 1 saturated heterocycles. The van der Waals surface area contributed by atoms with E-state index in [-0.39, 0.29) is 5.60 Å². The largest absolute Gasteiger partial charge is 0.370 e. The summed E-state index contributed by atoms with van der Waals surface area (Å²) in [6.07, 6.45) is 3.66. The molecule has 2 heterocycles. The SMILES string of the molecule is CCNC(CC)c1c(C)nn(CC2CCC(C)(C)O2)c1C. The molecule has 2 rings (SSSR count). The van der Waals surface area contributed by atoms with Crippen LogP contribution in [0.3, 0.4) is 0 Å². The predicted molar refractivity (Wildman–Crippen MR) is 86.6 cm³/mol. The Labute approximate surface area is 129 Å². The highest BCUT2D eigenvalue weighted by Crippen LogP contribution is 2.31. The van der Waals surface area contributed by atoms with Crippen molar-refractivity contribution in [1.29, 1.82) is 0 Å². The second-order valence-electron chi connectivity index (χ2n) is 6.82. The van der Waals surface area contributed by atoms with Crippen LogP contribution in [0, 0.1) is 13.8 Å². The highest BCUT2D eigenvalue weighted by molar-refractivity contribution is 5.28. The molecule has 21 heavy (non-hydrogen) atoms. The van der Waals surface area contributed by atoms with E-state index in [9.17, 15) is 0 Å². The number of hydrogen-bond donors (Lipinski definition) is 1. The van der Waals surface area contributed by atoms with E-state index in [0.717, 1.165) is 38.0 Å². The van der Waals surface area contributed by atoms with Crippen LogP contribution in [0.4, 0.5) is 0 Å². The molecule has 1 aromatic rings. The zero-order valence-electron chi connectivity index (χ0n) is 14.5. The molecule has 0 bridgehead atoms. The van der Waals surface area contributed by atoms with Crippen LogP contribution in [-0.4, -0.2) is 28.0 Å². The molecule has 0 radical (unpaired) electrons. The molecule has 2 unspecified atom stereocenters. The Morgan fingerprint density at radius 2 is 2.10 bits per heavy atom. The van der Waals surface area contributed by atoms with Gasteiger partial charge in [-0.3, -0.25) is 4.68 Å². The first-order valence-electron chi connectivity index (χ1n) is 8.33. The molecule has 1 aliphatic heterocycles. The Morgan fingerprint density at radius 1 is 1.38 bits per heavy atom. The van der Waals surface area contributed by atoms with Gasteiger partial charge in [0.1, 0.15) is 0 Å². The van der Waals surface area contributed by atoms with Crippen molar-refractivity contribution < 1.29 is 4.74 Å². The molecule has 1 aromatic heterocycles. The van der Waals surface area contributed by atoms with Gasteiger partial charge in [-0.05, 0) is 53.5 Å². The Bertz CT molecular complexity index is 479. The summed E-state index contributed by atoms with van der Waals surface area (Å²) in [4.78, 5) is 0. The van der Waals surface area contributed by atoms with Gasteiger partial charge in [0.25, 0.3) is 0 Å². The van der Waals surface area contributed by atoms with E-state index in [2.05, 4.69) is 51.5 Å². The van der Waals surface area contributed by atoms with Gasteiger partial charge < -0.3 is 10.1 Å². The minimum atomic E-state index is 0.0271. The normalized spacial score (nSPS) is 22.7. The summed E-state index contributed by atoms with van der Waals surface area (Å²) in [5, 5.41) is 8.33. The van der Waals surface area contributed by atoms with Crippen molar-refractivity contribution >= 4 is 0 Å². The monoisotopic (exact) mass is 293 g/mol. The fraction of sp³-hybridized carbons (Fsp3) is 0.824. The molecular formula is C17H31N3O. The minimum Gasteiger partial charge on any atom is -0.370 e. The Kier molecular flexibility index (Phi) is 5.10. The molecule has 1 fully saturated rings. The van der Waals surface area contributed by atoms with Gasteiger partial charge in [-0.25, -0.2) is 0 Å². The lowest BCUT2D eigenvalue weighted by atomic mass is 10.0. The van der Waals surface area contributed by atoms with E-state index in [1.165, 1.54) is 11.3 Å². The maximum atomic E-state index is 6.11. The van der Waals surface area contributed by atoms with E-state index >= 15 is 0 Å². The topological polar surface area (TPSA) is 39.1 Å². The molecule has 0 aliphatic carbocycles. The second-order valence-corrected chi connectivity index (χ2v) is 6.82. The molecule has 0 aromatic carbocycles. The lowest BCUT2D eigenvalue weighted by Gasteiger charge is -2.20. The van der Waals surface area contributed by atoms with Crippen LogP contribution in [-0.2, 0) is 11.3 Å². The fourth-order valence-corrected chi connectivity index (χ4v) is 3.49. The summed E-state index contributed by atoms with van der Waals surface area (Å²) in [7, 11) is 0. The number of ether oxygens (including phenoxy) is 1. The highest BCUT2D eigenvalue weighted by Gasteiger charge is 2.32. The molecule has 1 aliphatic rings. The van der Waals surface area contributed by atoms with Crippen molar-refractivity contribution in [3.8, 4) is 0 Å². The summed E-state index contributed by atoms with van der Waals surface area (Å²) in [5.41, 5.74) is 3.84. The number of aromatic nitrogens is 2. The van der Waals surface area contributed by atoms with E-state index in [1.807, 2.05) is 0 Å². The molecule has 2 atom stereocenters. The van der Waals surface area contributed by atoms with Crippen LogP contribution in [0.2, 0.25) is 0 Å².